The zero-order valence-corrected chi connectivity index (χ0v) is 11.3. The van der Waals surface area contributed by atoms with E-state index in [4.69, 9.17) is 17.3 Å². The fraction of sp³-hybridized carbons (Fsp3) is 0.500. The fourth-order valence-electron chi connectivity index (χ4n) is 1.70. The number of nitrogen functional groups attached to an aromatic ring is 1. The Morgan fingerprint density at radius 1 is 1.47 bits per heavy atom. The number of benzene rings is 1. The van der Waals surface area contributed by atoms with Crippen LogP contribution in [0.25, 0.3) is 0 Å². The first kappa shape index (κ1) is 14.1. The molecule has 0 aliphatic rings. The van der Waals surface area contributed by atoms with Crippen molar-refractivity contribution in [2.24, 2.45) is 0 Å². The van der Waals surface area contributed by atoms with Crippen molar-refractivity contribution in [1.82, 2.24) is 4.90 Å². The Kier molecular flexibility index (Phi) is 4.62. The molecule has 4 N–H and O–H groups in total. The lowest BCUT2D eigenvalue weighted by molar-refractivity contribution is 0.0460. The topological polar surface area (TPSA) is 61.5 Å². The lowest BCUT2D eigenvalue weighted by Gasteiger charge is -2.27. The lowest BCUT2D eigenvalue weighted by Crippen LogP contribution is -2.43. The molecule has 17 heavy (non-hydrogen) atoms. The van der Waals surface area contributed by atoms with Crippen molar-refractivity contribution < 1.29 is 5.11 Å². The van der Waals surface area contributed by atoms with E-state index in [1.54, 1.807) is 19.1 Å². The highest BCUT2D eigenvalue weighted by Crippen LogP contribution is 2.24. The number of hydrogen-bond acceptors (Lipinski definition) is 4. The molecule has 1 atom stereocenters. The molecule has 0 amide bonds. The molecule has 0 aliphatic heterocycles. The van der Waals surface area contributed by atoms with E-state index >= 15 is 0 Å². The summed E-state index contributed by atoms with van der Waals surface area (Å²) in [7, 11) is 3.84. The summed E-state index contributed by atoms with van der Waals surface area (Å²) in [5.41, 5.74) is 6.20. The van der Waals surface area contributed by atoms with Gasteiger partial charge in [0.05, 0.1) is 16.3 Å². The molecule has 0 radical (unpaired) electrons. The molecule has 1 unspecified atom stereocenters. The maximum absolute atomic E-state index is 10.1. The van der Waals surface area contributed by atoms with Gasteiger partial charge >= 0.3 is 0 Å². The molecule has 0 aromatic heterocycles. The normalized spacial score (nSPS) is 14.7. The van der Waals surface area contributed by atoms with Crippen molar-refractivity contribution in [2.45, 2.75) is 12.5 Å². The molecular weight excluding hydrogens is 238 g/mol. The highest BCUT2D eigenvalue weighted by molar-refractivity contribution is 6.33. The minimum Gasteiger partial charge on any atom is -0.399 e. The van der Waals surface area contributed by atoms with Crippen molar-refractivity contribution >= 4 is 23.0 Å². The molecule has 4 nitrogen and oxygen atoms in total. The fourth-order valence-corrected chi connectivity index (χ4v) is 1.95. The molecule has 0 spiro atoms. The van der Waals surface area contributed by atoms with E-state index < -0.39 is 5.60 Å². The summed E-state index contributed by atoms with van der Waals surface area (Å²) in [6, 6.07) is 5.27. The standard InChI is InChI=1S/C12H20ClN3O/c1-12(17,8-16(2)3)7-15-11-5-4-9(14)6-10(11)13/h4-6,15,17H,7-8,14H2,1-3H3. The molecule has 0 aliphatic carbocycles. The van der Waals surface area contributed by atoms with Crippen molar-refractivity contribution in [3.8, 4) is 0 Å². The number of nitrogens with two attached hydrogens (primary N) is 1. The summed E-state index contributed by atoms with van der Waals surface area (Å²) in [5, 5.41) is 13.8. The molecule has 96 valence electrons. The summed E-state index contributed by atoms with van der Waals surface area (Å²) < 4.78 is 0. The maximum Gasteiger partial charge on any atom is 0.0917 e. The van der Waals surface area contributed by atoms with Crippen molar-refractivity contribution in [2.75, 3.05) is 38.2 Å². The van der Waals surface area contributed by atoms with Gasteiger partial charge in [0.2, 0.25) is 0 Å². The second kappa shape index (κ2) is 5.58. The van der Waals surface area contributed by atoms with E-state index in [0.717, 1.165) is 5.69 Å². The van der Waals surface area contributed by atoms with E-state index in [0.29, 0.717) is 23.8 Å². The highest BCUT2D eigenvalue weighted by atomic mass is 35.5. The van der Waals surface area contributed by atoms with Crippen LogP contribution < -0.4 is 11.1 Å². The van der Waals surface area contributed by atoms with Crippen LogP contribution in [0.15, 0.2) is 18.2 Å². The second-order valence-corrected chi connectivity index (χ2v) is 5.23. The van der Waals surface area contributed by atoms with Crippen LogP contribution in [-0.4, -0.2) is 42.8 Å². The first-order chi connectivity index (χ1) is 7.80. The Bertz CT molecular complexity index is 380. The molecule has 1 rings (SSSR count). The Morgan fingerprint density at radius 3 is 2.65 bits per heavy atom. The van der Waals surface area contributed by atoms with Gasteiger partial charge in [-0.15, -0.1) is 0 Å². The Balaban J connectivity index is 2.61. The predicted molar refractivity (Wildman–Crippen MR) is 73.5 cm³/mol. The number of aliphatic hydroxyl groups is 1. The van der Waals surface area contributed by atoms with Gasteiger partial charge in [0.1, 0.15) is 0 Å². The van der Waals surface area contributed by atoms with E-state index in [1.807, 2.05) is 25.1 Å². The SMILES string of the molecule is CN(C)CC(C)(O)CNc1ccc(N)cc1Cl. The van der Waals surface area contributed by atoms with E-state index in [2.05, 4.69) is 5.32 Å². The van der Waals surface area contributed by atoms with Crippen LogP contribution in [0.3, 0.4) is 0 Å². The molecule has 1 aromatic carbocycles. The number of likely N-dealkylation sites (N-methyl/N-ethyl adjacent to an activating group) is 1. The summed E-state index contributed by atoms with van der Waals surface area (Å²) in [5.74, 6) is 0. The van der Waals surface area contributed by atoms with Crippen LogP contribution in [0, 0.1) is 0 Å². The number of nitrogens with one attached hydrogen (secondary N) is 1. The average Bonchev–Trinajstić information content (AvgIpc) is 2.14. The van der Waals surface area contributed by atoms with Crippen LogP contribution >= 0.6 is 11.6 Å². The number of hydrogen-bond donors (Lipinski definition) is 3. The molecule has 5 heteroatoms. The summed E-state index contributed by atoms with van der Waals surface area (Å²) in [6.07, 6.45) is 0. The Morgan fingerprint density at radius 2 is 2.12 bits per heavy atom. The third-order valence-electron chi connectivity index (χ3n) is 2.31. The number of anilines is 2. The molecule has 0 saturated carbocycles. The van der Waals surface area contributed by atoms with E-state index in [9.17, 15) is 5.11 Å². The van der Waals surface area contributed by atoms with Gasteiger partial charge in [-0.2, -0.15) is 0 Å². The molecule has 0 heterocycles. The number of halogens is 1. The van der Waals surface area contributed by atoms with Gasteiger partial charge < -0.3 is 21.1 Å². The largest absolute Gasteiger partial charge is 0.399 e. The van der Waals surface area contributed by atoms with Gasteiger partial charge in [0, 0.05) is 18.8 Å². The quantitative estimate of drug-likeness (QED) is 0.702. The minimum absolute atomic E-state index is 0.425. The average molecular weight is 258 g/mol. The summed E-state index contributed by atoms with van der Waals surface area (Å²) in [4.78, 5) is 1.94. The van der Waals surface area contributed by atoms with Crippen LogP contribution in [0.5, 0.6) is 0 Å². The molecular formula is C12H20ClN3O. The third kappa shape index (κ3) is 4.81. The third-order valence-corrected chi connectivity index (χ3v) is 2.62. The van der Waals surface area contributed by atoms with E-state index in [-0.39, 0.29) is 0 Å². The second-order valence-electron chi connectivity index (χ2n) is 4.83. The summed E-state index contributed by atoms with van der Waals surface area (Å²) >= 11 is 6.03. The zero-order valence-electron chi connectivity index (χ0n) is 10.5. The lowest BCUT2D eigenvalue weighted by atomic mass is 10.1. The number of nitrogens with zero attached hydrogens (tertiary/aromatic N) is 1. The van der Waals surface area contributed by atoms with Crippen LogP contribution in [-0.2, 0) is 0 Å². The monoisotopic (exact) mass is 257 g/mol. The minimum atomic E-state index is -0.811. The smallest absolute Gasteiger partial charge is 0.0917 e. The van der Waals surface area contributed by atoms with Gasteiger partial charge in [-0.05, 0) is 39.2 Å². The van der Waals surface area contributed by atoms with Gasteiger partial charge in [-0.3, -0.25) is 0 Å². The Hall–Kier alpha value is -0.970. The van der Waals surface area contributed by atoms with Crippen LogP contribution in [0.1, 0.15) is 6.92 Å². The highest BCUT2D eigenvalue weighted by Gasteiger charge is 2.21. The van der Waals surface area contributed by atoms with Crippen molar-refractivity contribution in [3.05, 3.63) is 23.2 Å². The molecule has 0 bridgehead atoms. The first-order valence-corrected chi connectivity index (χ1v) is 5.84. The molecule has 1 aromatic rings. The van der Waals surface area contributed by atoms with Gasteiger partial charge in [0.15, 0.2) is 0 Å². The molecule has 0 saturated heterocycles. The van der Waals surface area contributed by atoms with Crippen molar-refractivity contribution in [3.63, 3.8) is 0 Å². The van der Waals surface area contributed by atoms with Crippen LogP contribution in [0.2, 0.25) is 5.02 Å². The first-order valence-electron chi connectivity index (χ1n) is 5.46. The van der Waals surface area contributed by atoms with E-state index in [1.165, 1.54) is 0 Å². The number of rotatable bonds is 5. The maximum atomic E-state index is 10.1. The Labute approximate surface area is 107 Å². The van der Waals surface area contributed by atoms with Crippen molar-refractivity contribution in [1.29, 1.82) is 0 Å². The zero-order chi connectivity index (χ0) is 13.1. The van der Waals surface area contributed by atoms with Gasteiger partial charge in [0.25, 0.3) is 0 Å². The van der Waals surface area contributed by atoms with Gasteiger partial charge in [-0.25, -0.2) is 0 Å². The van der Waals surface area contributed by atoms with Gasteiger partial charge in [-0.1, -0.05) is 11.6 Å². The van der Waals surface area contributed by atoms with Crippen LogP contribution in [0.4, 0.5) is 11.4 Å². The predicted octanol–water partition coefficient (Wildman–Crippen LogP) is 1.65. The molecule has 0 fully saturated rings. The summed E-state index contributed by atoms with van der Waals surface area (Å²) in [6.45, 7) is 2.78.